The molecule has 142 valence electrons. The lowest BCUT2D eigenvalue weighted by atomic mass is 9.79. The van der Waals surface area contributed by atoms with Crippen molar-refractivity contribution in [2.75, 3.05) is 26.7 Å². The molecule has 25 heavy (non-hydrogen) atoms. The van der Waals surface area contributed by atoms with Gasteiger partial charge in [-0.3, -0.25) is 0 Å². The SMILES string of the molecule is C/C(=C\CO)CC/C=C(\C)C(=O)O[C@@H]1C[C@@H]2[C@@H](CN(C)C[C@@H]2C)[C@@H]1C. The van der Waals surface area contributed by atoms with Gasteiger partial charge in [-0.1, -0.05) is 31.6 Å². The summed E-state index contributed by atoms with van der Waals surface area (Å²) in [6, 6.07) is 0. The number of nitrogens with zero attached hydrogens (tertiary/aromatic N) is 1. The third-order valence-corrected chi connectivity index (χ3v) is 6.18. The van der Waals surface area contributed by atoms with Crippen LogP contribution in [0.15, 0.2) is 23.3 Å². The lowest BCUT2D eigenvalue weighted by Gasteiger charge is -2.38. The van der Waals surface area contributed by atoms with Crippen LogP contribution in [0.5, 0.6) is 0 Å². The molecule has 2 rings (SSSR count). The molecule has 0 aromatic carbocycles. The van der Waals surface area contributed by atoms with Gasteiger partial charge in [-0.05, 0) is 63.8 Å². The van der Waals surface area contributed by atoms with Crippen molar-refractivity contribution in [1.82, 2.24) is 4.90 Å². The second-order valence-corrected chi connectivity index (χ2v) is 8.22. The lowest BCUT2D eigenvalue weighted by Crippen LogP contribution is -2.42. The molecule has 2 fully saturated rings. The van der Waals surface area contributed by atoms with E-state index in [1.807, 2.05) is 26.0 Å². The lowest BCUT2D eigenvalue weighted by molar-refractivity contribution is -0.146. The zero-order valence-corrected chi connectivity index (χ0v) is 16.5. The molecule has 0 radical (unpaired) electrons. The molecule has 1 heterocycles. The zero-order chi connectivity index (χ0) is 18.6. The number of aliphatic hydroxyl groups is 1. The maximum absolute atomic E-state index is 12.4. The van der Waals surface area contributed by atoms with Crippen LogP contribution in [0.3, 0.4) is 0 Å². The number of likely N-dealkylation sites (tertiary alicyclic amines) is 1. The minimum atomic E-state index is -0.166. The predicted molar refractivity (Wildman–Crippen MR) is 101 cm³/mol. The fraction of sp³-hybridized carbons (Fsp3) is 0.762. The van der Waals surface area contributed by atoms with Gasteiger partial charge in [0.25, 0.3) is 0 Å². The van der Waals surface area contributed by atoms with Crippen molar-refractivity contribution >= 4 is 5.97 Å². The Morgan fingerprint density at radius 3 is 2.60 bits per heavy atom. The second kappa shape index (κ2) is 9.00. The van der Waals surface area contributed by atoms with Gasteiger partial charge in [0, 0.05) is 18.7 Å². The van der Waals surface area contributed by atoms with E-state index >= 15 is 0 Å². The molecular formula is C21H35NO3. The van der Waals surface area contributed by atoms with Crippen molar-refractivity contribution in [2.45, 2.75) is 53.1 Å². The molecule has 0 amide bonds. The third-order valence-electron chi connectivity index (χ3n) is 6.18. The van der Waals surface area contributed by atoms with Crippen molar-refractivity contribution < 1.29 is 14.6 Å². The van der Waals surface area contributed by atoms with Crippen molar-refractivity contribution in [3.8, 4) is 0 Å². The molecule has 0 bridgehead atoms. The summed E-state index contributed by atoms with van der Waals surface area (Å²) < 4.78 is 5.89. The summed E-state index contributed by atoms with van der Waals surface area (Å²) in [4.78, 5) is 14.9. The number of carbonyl (C=O) groups excluding carboxylic acids is 1. The van der Waals surface area contributed by atoms with E-state index in [0.29, 0.717) is 29.2 Å². The van der Waals surface area contributed by atoms with E-state index in [0.717, 1.165) is 37.9 Å². The van der Waals surface area contributed by atoms with E-state index in [9.17, 15) is 4.79 Å². The highest BCUT2D eigenvalue weighted by atomic mass is 16.5. The molecule has 0 aromatic rings. The second-order valence-electron chi connectivity index (χ2n) is 8.22. The van der Waals surface area contributed by atoms with E-state index in [2.05, 4.69) is 25.8 Å². The largest absolute Gasteiger partial charge is 0.459 e. The molecule has 4 heteroatoms. The molecule has 1 aliphatic carbocycles. The number of carbonyl (C=O) groups is 1. The number of esters is 1. The number of hydrogen-bond acceptors (Lipinski definition) is 4. The van der Waals surface area contributed by atoms with E-state index in [4.69, 9.17) is 9.84 Å². The maximum Gasteiger partial charge on any atom is 0.333 e. The van der Waals surface area contributed by atoms with Crippen LogP contribution in [0.25, 0.3) is 0 Å². The van der Waals surface area contributed by atoms with E-state index < -0.39 is 0 Å². The Morgan fingerprint density at radius 2 is 1.92 bits per heavy atom. The summed E-state index contributed by atoms with van der Waals surface area (Å²) in [5, 5.41) is 8.87. The Morgan fingerprint density at radius 1 is 1.20 bits per heavy atom. The van der Waals surface area contributed by atoms with Gasteiger partial charge in [0.1, 0.15) is 6.10 Å². The number of piperidine rings is 1. The van der Waals surface area contributed by atoms with Crippen molar-refractivity contribution in [1.29, 1.82) is 0 Å². The first-order valence-electron chi connectivity index (χ1n) is 9.66. The van der Waals surface area contributed by atoms with Crippen molar-refractivity contribution in [3.05, 3.63) is 23.3 Å². The average molecular weight is 350 g/mol. The Bertz CT molecular complexity index is 525. The number of aliphatic hydroxyl groups excluding tert-OH is 1. The molecule has 0 unspecified atom stereocenters. The van der Waals surface area contributed by atoms with Crippen LogP contribution >= 0.6 is 0 Å². The molecule has 1 N–H and O–H groups in total. The quantitative estimate of drug-likeness (QED) is 0.453. The monoisotopic (exact) mass is 349 g/mol. The average Bonchev–Trinajstić information content (AvgIpc) is 2.84. The topological polar surface area (TPSA) is 49.8 Å². The van der Waals surface area contributed by atoms with Crippen molar-refractivity contribution in [2.24, 2.45) is 23.7 Å². The van der Waals surface area contributed by atoms with Gasteiger partial charge < -0.3 is 14.7 Å². The Balaban J connectivity index is 1.88. The summed E-state index contributed by atoms with van der Waals surface area (Å²) in [6.07, 6.45) is 6.49. The minimum absolute atomic E-state index is 0.0517. The molecule has 4 nitrogen and oxygen atoms in total. The normalized spacial score (nSPS) is 34.1. The van der Waals surface area contributed by atoms with Crippen LogP contribution in [0.2, 0.25) is 0 Å². The fourth-order valence-electron chi connectivity index (χ4n) is 4.58. The fourth-order valence-corrected chi connectivity index (χ4v) is 4.58. The van der Waals surface area contributed by atoms with Crippen LogP contribution in [-0.4, -0.2) is 48.8 Å². The molecule has 5 atom stereocenters. The molecule has 1 aliphatic heterocycles. The molecule has 0 aromatic heterocycles. The molecule has 2 aliphatic rings. The van der Waals surface area contributed by atoms with Gasteiger partial charge in [-0.2, -0.15) is 0 Å². The van der Waals surface area contributed by atoms with Gasteiger partial charge in [-0.15, -0.1) is 0 Å². The standard InChI is InChI=1S/C21H35NO3/c1-14(9-10-23)7-6-8-15(2)21(24)25-20-11-18-16(3)12-22(5)13-19(18)17(20)4/h8-9,16-20,23H,6-7,10-13H2,1-5H3/b14-9+,15-8+/t16-,17-,18-,19-,20+/m0/s1. The maximum atomic E-state index is 12.4. The summed E-state index contributed by atoms with van der Waals surface area (Å²) in [5.74, 6) is 2.26. The van der Waals surface area contributed by atoms with Gasteiger partial charge in [0.05, 0.1) is 6.61 Å². The van der Waals surface area contributed by atoms with E-state index in [1.165, 1.54) is 0 Å². The highest BCUT2D eigenvalue weighted by Crippen LogP contribution is 2.45. The Hall–Kier alpha value is -1.13. The molecular weight excluding hydrogens is 314 g/mol. The van der Waals surface area contributed by atoms with Crippen molar-refractivity contribution in [3.63, 3.8) is 0 Å². The highest BCUT2D eigenvalue weighted by Gasteiger charge is 2.47. The number of fused-ring (bicyclic) bond motifs is 1. The summed E-state index contributed by atoms with van der Waals surface area (Å²) in [6.45, 7) is 10.8. The van der Waals surface area contributed by atoms with Gasteiger partial charge in [0.15, 0.2) is 0 Å². The van der Waals surface area contributed by atoms with E-state index in [1.54, 1.807) is 0 Å². The van der Waals surface area contributed by atoms with Crippen LogP contribution in [0.4, 0.5) is 0 Å². The zero-order valence-electron chi connectivity index (χ0n) is 16.5. The smallest absolute Gasteiger partial charge is 0.333 e. The first-order chi connectivity index (χ1) is 11.8. The predicted octanol–water partition coefficient (Wildman–Crippen LogP) is 3.42. The Labute approximate surface area is 152 Å². The molecule has 1 saturated heterocycles. The van der Waals surface area contributed by atoms with E-state index in [-0.39, 0.29) is 18.7 Å². The molecule has 1 saturated carbocycles. The Kier molecular flexibility index (Phi) is 7.26. The summed E-state index contributed by atoms with van der Waals surface area (Å²) >= 11 is 0. The first-order valence-corrected chi connectivity index (χ1v) is 9.66. The van der Waals surface area contributed by atoms with Crippen LogP contribution in [0, 0.1) is 23.7 Å². The first kappa shape index (κ1) is 20.2. The molecule has 0 spiro atoms. The van der Waals surface area contributed by atoms with Crippen LogP contribution < -0.4 is 0 Å². The summed E-state index contributed by atoms with van der Waals surface area (Å²) in [5.41, 5.74) is 1.84. The van der Waals surface area contributed by atoms with Crippen LogP contribution in [-0.2, 0) is 9.53 Å². The third kappa shape index (κ3) is 5.18. The number of rotatable bonds is 6. The number of allylic oxidation sites excluding steroid dienone is 2. The summed E-state index contributed by atoms with van der Waals surface area (Å²) in [7, 11) is 2.19. The number of ether oxygens (including phenoxy) is 1. The van der Waals surface area contributed by atoms with Gasteiger partial charge in [-0.25, -0.2) is 4.79 Å². The number of hydrogen-bond donors (Lipinski definition) is 1. The van der Waals surface area contributed by atoms with Gasteiger partial charge in [0.2, 0.25) is 0 Å². The highest BCUT2D eigenvalue weighted by molar-refractivity contribution is 5.87. The van der Waals surface area contributed by atoms with Gasteiger partial charge >= 0.3 is 5.97 Å². The van der Waals surface area contributed by atoms with Crippen LogP contribution in [0.1, 0.15) is 47.0 Å². The minimum Gasteiger partial charge on any atom is -0.459 e.